The summed E-state index contributed by atoms with van der Waals surface area (Å²) in [6.07, 6.45) is 3.52. The molecule has 18 heavy (non-hydrogen) atoms. The SMILES string of the molecule is CC1(C)OC(=C(C#N)C#N)C(C#N)=C1/C=C/CS. The molecule has 0 aliphatic carbocycles. The molecule has 0 radical (unpaired) electrons. The molecule has 1 aliphatic rings. The van der Waals surface area contributed by atoms with Crippen LogP contribution in [0.5, 0.6) is 0 Å². The number of hydrogen-bond acceptors (Lipinski definition) is 5. The van der Waals surface area contributed by atoms with Gasteiger partial charge in [0.2, 0.25) is 0 Å². The summed E-state index contributed by atoms with van der Waals surface area (Å²) in [5.74, 6) is 0.590. The highest BCUT2D eigenvalue weighted by atomic mass is 32.1. The van der Waals surface area contributed by atoms with Crippen molar-refractivity contribution in [3.63, 3.8) is 0 Å². The molecule has 0 aromatic heterocycles. The number of rotatable bonds is 2. The van der Waals surface area contributed by atoms with Gasteiger partial charge in [-0.1, -0.05) is 12.2 Å². The Hall–Kier alpha value is -2.16. The molecule has 0 aromatic carbocycles. The van der Waals surface area contributed by atoms with Crippen LogP contribution >= 0.6 is 12.6 Å². The molecule has 0 unspecified atom stereocenters. The third-order valence-corrected chi connectivity index (χ3v) is 2.67. The molecule has 0 spiro atoms. The fourth-order valence-electron chi connectivity index (χ4n) is 1.65. The van der Waals surface area contributed by atoms with E-state index in [4.69, 9.17) is 15.3 Å². The molecule has 1 heterocycles. The minimum atomic E-state index is -0.737. The lowest BCUT2D eigenvalue weighted by Crippen LogP contribution is -2.20. The van der Waals surface area contributed by atoms with E-state index in [9.17, 15) is 5.26 Å². The fourth-order valence-corrected chi connectivity index (χ4v) is 1.76. The van der Waals surface area contributed by atoms with Crippen LogP contribution in [0.4, 0.5) is 0 Å². The molecule has 0 aromatic rings. The Balaban J connectivity index is 3.51. The smallest absolute Gasteiger partial charge is 0.172 e. The average molecular weight is 257 g/mol. The maximum Gasteiger partial charge on any atom is 0.172 e. The lowest BCUT2D eigenvalue weighted by molar-refractivity contribution is 0.0954. The molecular weight excluding hydrogens is 246 g/mol. The van der Waals surface area contributed by atoms with Crippen LogP contribution in [-0.2, 0) is 4.74 Å². The van der Waals surface area contributed by atoms with Crippen molar-refractivity contribution in [3.05, 3.63) is 34.6 Å². The van der Waals surface area contributed by atoms with Gasteiger partial charge in [0.05, 0.1) is 0 Å². The molecule has 0 fully saturated rings. The van der Waals surface area contributed by atoms with Crippen molar-refractivity contribution >= 4 is 12.6 Å². The average Bonchev–Trinajstić information content (AvgIpc) is 2.59. The molecule has 0 bridgehead atoms. The maximum atomic E-state index is 9.18. The number of allylic oxidation sites excluding steroid dienone is 2. The molecule has 1 aliphatic heterocycles. The Morgan fingerprint density at radius 3 is 2.39 bits per heavy atom. The van der Waals surface area contributed by atoms with Crippen molar-refractivity contribution in [3.8, 4) is 18.2 Å². The van der Waals surface area contributed by atoms with Crippen LogP contribution in [0.15, 0.2) is 34.6 Å². The summed E-state index contributed by atoms with van der Waals surface area (Å²) in [4.78, 5) is 0. The molecule has 0 saturated heterocycles. The molecule has 0 amide bonds. The molecule has 5 heteroatoms. The first kappa shape index (κ1) is 13.9. The van der Waals surface area contributed by atoms with Crippen LogP contribution in [0.3, 0.4) is 0 Å². The van der Waals surface area contributed by atoms with Crippen LogP contribution in [-0.4, -0.2) is 11.4 Å². The summed E-state index contributed by atoms with van der Waals surface area (Å²) in [6.45, 7) is 3.56. The van der Waals surface area contributed by atoms with Crippen LogP contribution in [0, 0.1) is 34.0 Å². The standard InChI is InChI=1S/C13H11N3OS/c1-13(2)11(4-3-5-18)10(8-16)12(17-13)9(6-14)7-15/h3-4,18H,5H2,1-2H3/b4-3+. The van der Waals surface area contributed by atoms with Gasteiger partial charge in [-0.25, -0.2) is 0 Å². The van der Waals surface area contributed by atoms with E-state index >= 15 is 0 Å². The van der Waals surface area contributed by atoms with Crippen molar-refractivity contribution < 1.29 is 4.74 Å². The largest absolute Gasteiger partial charge is 0.480 e. The molecule has 0 saturated carbocycles. The zero-order valence-corrected chi connectivity index (χ0v) is 11.0. The van der Waals surface area contributed by atoms with Gasteiger partial charge in [0.15, 0.2) is 11.3 Å². The van der Waals surface area contributed by atoms with Crippen LogP contribution in [0.1, 0.15) is 13.8 Å². The van der Waals surface area contributed by atoms with Crippen LogP contribution in [0.2, 0.25) is 0 Å². The van der Waals surface area contributed by atoms with E-state index in [2.05, 4.69) is 12.6 Å². The third-order valence-electron chi connectivity index (χ3n) is 2.45. The van der Waals surface area contributed by atoms with Crippen molar-refractivity contribution in [2.75, 3.05) is 5.75 Å². The zero-order valence-electron chi connectivity index (χ0n) is 10.1. The van der Waals surface area contributed by atoms with Crippen LogP contribution in [0.25, 0.3) is 0 Å². The molecule has 0 atom stereocenters. The van der Waals surface area contributed by atoms with Gasteiger partial charge in [-0.15, -0.1) is 0 Å². The van der Waals surface area contributed by atoms with Gasteiger partial charge < -0.3 is 4.74 Å². The van der Waals surface area contributed by atoms with Gasteiger partial charge in [0, 0.05) is 11.3 Å². The van der Waals surface area contributed by atoms with Crippen LogP contribution < -0.4 is 0 Å². The molecule has 90 valence electrons. The first-order valence-corrected chi connectivity index (χ1v) is 5.81. The second kappa shape index (κ2) is 5.45. The van der Waals surface area contributed by atoms with Crippen molar-refractivity contribution in [2.24, 2.45) is 0 Å². The van der Waals surface area contributed by atoms with Gasteiger partial charge >= 0.3 is 0 Å². The summed E-state index contributed by atoms with van der Waals surface area (Å²) < 4.78 is 5.57. The summed E-state index contributed by atoms with van der Waals surface area (Å²) in [6, 6.07) is 5.48. The number of nitriles is 3. The minimum Gasteiger partial charge on any atom is -0.480 e. The van der Waals surface area contributed by atoms with E-state index in [0.717, 1.165) is 0 Å². The maximum absolute atomic E-state index is 9.18. The number of ether oxygens (including phenoxy) is 1. The number of nitrogens with zero attached hydrogens (tertiary/aromatic N) is 3. The van der Waals surface area contributed by atoms with E-state index in [1.54, 1.807) is 38.1 Å². The molecule has 4 nitrogen and oxygen atoms in total. The highest BCUT2D eigenvalue weighted by Crippen LogP contribution is 2.39. The van der Waals surface area contributed by atoms with Gasteiger partial charge in [-0.3, -0.25) is 0 Å². The summed E-state index contributed by atoms with van der Waals surface area (Å²) in [5.41, 5.74) is -0.0409. The van der Waals surface area contributed by atoms with Gasteiger partial charge in [0.25, 0.3) is 0 Å². The Bertz CT molecular complexity index is 561. The molecular formula is C13H11N3OS. The quantitative estimate of drug-likeness (QED) is 0.608. The van der Waals surface area contributed by atoms with E-state index in [1.807, 2.05) is 6.07 Å². The van der Waals surface area contributed by atoms with E-state index < -0.39 is 5.60 Å². The predicted molar refractivity (Wildman–Crippen MR) is 69.0 cm³/mol. The first-order chi connectivity index (χ1) is 8.51. The van der Waals surface area contributed by atoms with Crippen molar-refractivity contribution in [2.45, 2.75) is 19.4 Å². The Labute approximate surface area is 111 Å². The van der Waals surface area contributed by atoms with Crippen molar-refractivity contribution in [1.82, 2.24) is 0 Å². The normalized spacial score (nSPS) is 17.0. The second-order valence-corrected chi connectivity index (χ2v) is 4.39. The lowest BCUT2D eigenvalue weighted by Gasteiger charge is -2.20. The number of hydrogen-bond donors (Lipinski definition) is 1. The number of thiol groups is 1. The third kappa shape index (κ3) is 2.40. The summed E-state index contributed by atoms with van der Waals surface area (Å²) >= 11 is 4.06. The van der Waals surface area contributed by atoms with E-state index in [-0.39, 0.29) is 16.9 Å². The van der Waals surface area contributed by atoms with E-state index in [1.165, 1.54) is 0 Å². The molecule has 0 N–H and O–H groups in total. The van der Waals surface area contributed by atoms with Crippen molar-refractivity contribution in [1.29, 1.82) is 15.8 Å². The minimum absolute atomic E-state index is 0.0614. The summed E-state index contributed by atoms with van der Waals surface area (Å²) in [7, 11) is 0. The highest BCUT2D eigenvalue weighted by molar-refractivity contribution is 7.80. The Kier molecular flexibility index (Phi) is 4.21. The van der Waals surface area contributed by atoms with Gasteiger partial charge in [0.1, 0.15) is 29.4 Å². The van der Waals surface area contributed by atoms with E-state index in [0.29, 0.717) is 11.3 Å². The first-order valence-electron chi connectivity index (χ1n) is 5.18. The Morgan fingerprint density at radius 1 is 1.33 bits per heavy atom. The van der Waals surface area contributed by atoms with Gasteiger partial charge in [-0.05, 0) is 13.8 Å². The monoisotopic (exact) mass is 257 g/mol. The molecule has 1 rings (SSSR count). The van der Waals surface area contributed by atoms with Gasteiger partial charge in [-0.2, -0.15) is 28.4 Å². The second-order valence-electron chi connectivity index (χ2n) is 4.03. The summed E-state index contributed by atoms with van der Waals surface area (Å²) in [5, 5.41) is 26.9. The topological polar surface area (TPSA) is 80.6 Å². The highest BCUT2D eigenvalue weighted by Gasteiger charge is 2.38. The predicted octanol–water partition coefficient (Wildman–Crippen LogP) is 2.40. The Morgan fingerprint density at radius 2 is 1.94 bits per heavy atom. The fraction of sp³-hybridized carbons (Fsp3) is 0.308. The zero-order chi connectivity index (χ0) is 13.8. The lowest BCUT2D eigenvalue weighted by atomic mass is 9.95.